The number of rotatable bonds is 8. The Labute approximate surface area is 160 Å². The molecule has 27 heavy (non-hydrogen) atoms. The van der Waals surface area contributed by atoms with Gasteiger partial charge in [0.1, 0.15) is 0 Å². The van der Waals surface area contributed by atoms with Gasteiger partial charge in [-0.25, -0.2) is 4.79 Å². The summed E-state index contributed by atoms with van der Waals surface area (Å²) in [6, 6.07) is 7.99. The molecule has 5 heteroatoms. The molecule has 0 aromatic heterocycles. The molecule has 0 amide bonds. The van der Waals surface area contributed by atoms with Gasteiger partial charge in [0.2, 0.25) is 0 Å². The van der Waals surface area contributed by atoms with Gasteiger partial charge in [-0.1, -0.05) is 32.0 Å². The molecule has 0 N–H and O–H groups in total. The lowest BCUT2D eigenvalue weighted by Gasteiger charge is -2.19. The van der Waals surface area contributed by atoms with Crippen molar-refractivity contribution in [1.29, 1.82) is 0 Å². The summed E-state index contributed by atoms with van der Waals surface area (Å²) in [6.07, 6.45) is 1.83. The molecule has 0 heterocycles. The summed E-state index contributed by atoms with van der Waals surface area (Å²) in [5.74, 6) is 1.19. The smallest absolute Gasteiger partial charge is 0.333 e. The fraction of sp³-hybridized carbons (Fsp3) is 0.409. The molecule has 5 nitrogen and oxygen atoms in total. The van der Waals surface area contributed by atoms with Crippen molar-refractivity contribution >= 4 is 22.8 Å². The summed E-state index contributed by atoms with van der Waals surface area (Å²) in [7, 11) is 3.18. The highest BCUT2D eigenvalue weighted by atomic mass is 16.7. The Morgan fingerprint density at radius 3 is 2.56 bits per heavy atom. The first-order chi connectivity index (χ1) is 12.9. The number of ether oxygens (including phenoxy) is 4. The van der Waals surface area contributed by atoms with Gasteiger partial charge in [0.15, 0.2) is 18.3 Å². The highest BCUT2D eigenvalue weighted by Gasteiger charge is 2.18. The number of benzene rings is 2. The summed E-state index contributed by atoms with van der Waals surface area (Å²) in [5.41, 5.74) is 2.54. The van der Waals surface area contributed by atoms with Crippen LogP contribution >= 0.6 is 0 Å². The third kappa shape index (κ3) is 4.61. The number of carbonyl (C=O) groups is 1. The second-order valence-electron chi connectivity index (χ2n) is 6.52. The van der Waals surface area contributed by atoms with Crippen LogP contribution in [0.2, 0.25) is 0 Å². The van der Waals surface area contributed by atoms with Crippen LogP contribution in [0, 0.1) is 0 Å². The van der Waals surface area contributed by atoms with Gasteiger partial charge >= 0.3 is 5.97 Å². The van der Waals surface area contributed by atoms with E-state index in [4.69, 9.17) is 18.9 Å². The van der Waals surface area contributed by atoms with E-state index in [-0.39, 0.29) is 18.7 Å². The Morgan fingerprint density at radius 2 is 1.96 bits per heavy atom. The summed E-state index contributed by atoms with van der Waals surface area (Å²) < 4.78 is 21.7. The monoisotopic (exact) mass is 372 g/mol. The van der Waals surface area contributed by atoms with Crippen molar-refractivity contribution in [2.24, 2.45) is 0 Å². The van der Waals surface area contributed by atoms with Crippen LogP contribution in [-0.2, 0) is 14.3 Å². The van der Waals surface area contributed by atoms with Gasteiger partial charge in [-0.15, -0.1) is 0 Å². The lowest BCUT2D eigenvalue weighted by atomic mass is 9.92. The minimum Gasteiger partial charge on any atom is -0.493 e. The number of hydrogen-bond acceptors (Lipinski definition) is 5. The lowest BCUT2D eigenvalue weighted by molar-refractivity contribution is -0.138. The molecule has 0 atom stereocenters. The quantitative estimate of drug-likeness (QED) is 0.374. The lowest BCUT2D eigenvalue weighted by Crippen LogP contribution is -2.06. The van der Waals surface area contributed by atoms with Gasteiger partial charge in [-0.05, 0) is 48.4 Å². The Morgan fingerprint density at radius 1 is 1.22 bits per heavy atom. The highest BCUT2D eigenvalue weighted by molar-refractivity contribution is 6.02. The van der Waals surface area contributed by atoms with Crippen LogP contribution in [0.15, 0.2) is 29.8 Å². The van der Waals surface area contributed by atoms with Crippen LogP contribution < -0.4 is 9.47 Å². The fourth-order valence-corrected chi connectivity index (χ4v) is 3.02. The van der Waals surface area contributed by atoms with E-state index in [9.17, 15) is 4.79 Å². The topological polar surface area (TPSA) is 54.0 Å². The summed E-state index contributed by atoms with van der Waals surface area (Å²) in [6.45, 7) is 8.27. The van der Waals surface area contributed by atoms with E-state index in [0.29, 0.717) is 23.7 Å². The van der Waals surface area contributed by atoms with E-state index in [1.54, 1.807) is 28.1 Å². The molecule has 0 spiro atoms. The molecule has 0 saturated carbocycles. The van der Waals surface area contributed by atoms with Crippen LogP contribution in [0.1, 0.15) is 44.7 Å². The van der Waals surface area contributed by atoms with Crippen molar-refractivity contribution in [3.63, 3.8) is 0 Å². The number of fused-ring (bicyclic) bond motifs is 1. The Balaban J connectivity index is 2.78. The van der Waals surface area contributed by atoms with Gasteiger partial charge in [0, 0.05) is 18.1 Å². The van der Waals surface area contributed by atoms with Gasteiger partial charge < -0.3 is 18.9 Å². The van der Waals surface area contributed by atoms with E-state index in [1.807, 2.05) is 24.3 Å². The third-order valence-corrected chi connectivity index (χ3v) is 4.28. The SMILES string of the molecule is CCOC(=O)/C(C)=C\c1cc(OC)c(OCOC)c2c(C(C)C)cccc12. The molecule has 2 aromatic carbocycles. The van der Waals surface area contributed by atoms with E-state index >= 15 is 0 Å². The van der Waals surface area contributed by atoms with Crippen LogP contribution in [-0.4, -0.2) is 33.6 Å². The van der Waals surface area contributed by atoms with Crippen molar-refractivity contribution in [2.75, 3.05) is 27.6 Å². The van der Waals surface area contributed by atoms with Gasteiger partial charge in [0.25, 0.3) is 0 Å². The van der Waals surface area contributed by atoms with Crippen molar-refractivity contribution < 1.29 is 23.7 Å². The molecular formula is C22H28O5. The van der Waals surface area contributed by atoms with E-state index < -0.39 is 0 Å². The number of carbonyl (C=O) groups excluding carboxylic acids is 1. The van der Waals surface area contributed by atoms with E-state index in [1.165, 1.54) is 0 Å². The van der Waals surface area contributed by atoms with Crippen LogP contribution in [0.4, 0.5) is 0 Å². The van der Waals surface area contributed by atoms with E-state index in [0.717, 1.165) is 21.9 Å². The molecule has 0 saturated heterocycles. The second kappa shape index (κ2) is 9.42. The molecule has 0 aliphatic rings. The average Bonchev–Trinajstić information content (AvgIpc) is 2.66. The molecule has 0 unspecified atom stereocenters. The summed E-state index contributed by atoms with van der Waals surface area (Å²) in [5, 5.41) is 1.95. The second-order valence-corrected chi connectivity index (χ2v) is 6.52. The minimum atomic E-state index is -0.329. The van der Waals surface area contributed by atoms with Gasteiger partial charge in [-0.2, -0.15) is 0 Å². The van der Waals surface area contributed by atoms with Crippen LogP contribution in [0.3, 0.4) is 0 Å². The van der Waals surface area contributed by atoms with Crippen molar-refractivity contribution in [3.8, 4) is 11.5 Å². The predicted molar refractivity (Wildman–Crippen MR) is 107 cm³/mol. The molecular weight excluding hydrogens is 344 g/mol. The zero-order valence-electron chi connectivity index (χ0n) is 16.9. The van der Waals surface area contributed by atoms with Gasteiger partial charge in [0.05, 0.1) is 13.7 Å². The molecule has 2 aromatic rings. The minimum absolute atomic E-state index is 0.120. The van der Waals surface area contributed by atoms with Crippen molar-refractivity contribution in [3.05, 3.63) is 41.0 Å². The fourth-order valence-electron chi connectivity index (χ4n) is 3.02. The molecule has 0 fully saturated rings. The van der Waals surface area contributed by atoms with Crippen molar-refractivity contribution in [2.45, 2.75) is 33.6 Å². The summed E-state index contributed by atoms with van der Waals surface area (Å²) >= 11 is 0. The standard InChI is InChI=1S/C22H28O5/c1-7-26-22(23)15(4)11-16-12-19(25-6)21(27-13-24-5)20-17(14(2)3)9-8-10-18(16)20/h8-12,14H,7,13H2,1-6H3/b15-11-. The predicted octanol–water partition coefficient (Wildman–Crippen LogP) is 4.92. The Kier molecular flexibility index (Phi) is 7.25. The van der Waals surface area contributed by atoms with Gasteiger partial charge in [-0.3, -0.25) is 0 Å². The molecule has 146 valence electrons. The zero-order chi connectivity index (χ0) is 20.0. The highest BCUT2D eigenvalue weighted by Crippen LogP contribution is 2.42. The largest absolute Gasteiger partial charge is 0.493 e. The van der Waals surface area contributed by atoms with Crippen LogP contribution in [0.5, 0.6) is 11.5 Å². The molecule has 0 aliphatic heterocycles. The normalized spacial score (nSPS) is 11.7. The zero-order valence-corrected chi connectivity index (χ0v) is 16.9. The van der Waals surface area contributed by atoms with E-state index in [2.05, 4.69) is 19.9 Å². The van der Waals surface area contributed by atoms with Crippen LogP contribution in [0.25, 0.3) is 16.8 Å². The Bertz CT molecular complexity index is 836. The average molecular weight is 372 g/mol. The molecule has 2 rings (SSSR count). The maximum absolute atomic E-state index is 12.1. The number of esters is 1. The Hall–Kier alpha value is -2.53. The first kappa shape index (κ1) is 20.8. The first-order valence-corrected chi connectivity index (χ1v) is 9.05. The van der Waals surface area contributed by atoms with Crippen molar-refractivity contribution in [1.82, 2.24) is 0 Å². The number of methoxy groups -OCH3 is 2. The first-order valence-electron chi connectivity index (χ1n) is 9.05. The molecule has 0 aliphatic carbocycles. The maximum Gasteiger partial charge on any atom is 0.333 e. The molecule has 0 radical (unpaired) electrons. The number of hydrogen-bond donors (Lipinski definition) is 0. The maximum atomic E-state index is 12.1. The molecule has 0 bridgehead atoms. The summed E-state index contributed by atoms with van der Waals surface area (Å²) in [4.78, 5) is 12.1. The third-order valence-electron chi connectivity index (χ3n) is 4.28.